The van der Waals surface area contributed by atoms with E-state index < -0.39 is 0 Å². The molecular weight excluding hydrogens is 238 g/mol. The number of ether oxygens (including phenoxy) is 1. The largest absolute Gasteiger partial charge is 0.469 e. The zero-order chi connectivity index (χ0) is 14.3. The molecule has 0 spiro atoms. The Kier molecular flexibility index (Phi) is 6.03. The van der Waals surface area contributed by atoms with E-state index in [9.17, 15) is 4.79 Å². The monoisotopic (exact) mass is 263 g/mol. The van der Waals surface area contributed by atoms with Crippen molar-refractivity contribution >= 4 is 5.97 Å². The van der Waals surface area contributed by atoms with E-state index in [4.69, 9.17) is 4.74 Å². The highest BCUT2D eigenvalue weighted by Gasteiger charge is 2.19. The van der Waals surface area contributed by atoms with Crippen LogP contribution >= 0.6 is 0 Å². The number of methoxy groups -OCH3 is 1. The maximum atomic E-state index is 11.4. The number of carbonyl (C=O) groups excluding carboxylic acids is 1. The van der Waals surface area contributed by atoms with Crippen molar-refractivity contribution in [1.82, 2.24) is 5.32 Å². The summed E-state index contributed by atoms with van der Waals surface area (Å²) in [4.78, 5) is 11.4. The minimum atomic E-state index is -0.193. The summed E-state index contributed by atoms with van der Waals surface area (Å²) in [5, 5.41) is 3.59. The van der Waals surface area contributed by atoms with Gasteiger partial charge in [-0.05, 0) is 30.9 Å². The molecule has 3 nitrogen and oxygen atoms in total. The summed E-state index contributed by atoms with van der Waals surface area (Å²) in [6.45, 7) is 7.40. The molecule has 3 heteroatoms. The van der Waals surface area contributed by atoms with E-state index in [1.807, 2.05) is 18.2 Å². The third-order valence-electron chi connectivity index (χ3n) is 3.95. The Labute approximate surface area is 116 Å². The molecule has 1 aromatic rings. The predicted octanol–water partition coefficient (Wildman–Crippen LogP) is 3.07. The molecular formula is C16H25NO2. The number of hydrogen-bond donors (Lipinski definition) is 1. The molecule has 0 aromatic heterocycles. The van der Waals surface area contributed by atoms with Gasteiger partial charge >= 0.3 is 5.97 Å². The number of esters is 1. The minimum Gasteiger partial charge on any atom is -0.469 e. The molecule has 0 saturated heterocycles. The van der Waals surface area contributed by atoms with Crippen molar-refractivity contribution in [2.45, 2.75) is 52.1 Å². The lowest BCUT2D eigenvalue weighted by Crippen LogP contribution is -2.40. The maximum absolute atomic E-state index is 11.4. The predicted molar refractivity (Wildman–Crippen MR) is 78.0 cm³/mol. The second-order valence-electron chi connectivity index (χ2n) is 5.14. The second-order valence-corrected chi connectivity index (χ2v) is 5.14. The number of carbonyl (C=O) groups is 1. The summed E-state index contributed by atoms with van der Waals surface area (Å²) in [5.74, 6) is -0.193. The van der Waals surface area contributed by atoms with Gasteiger partial charge in [-0.25, -0.2) is 0 Å². The third-order valence-corrected chi connectivity index (χ3v) is 3.95. The van der Waals surface area contributed by atoms with Crippen LogP contribution in [0.5, 0.6) is 0 Å². The van der Waals surface area contributed by atoms with E-state index in [1.54, 1.807) is 0 Å². The van der Waals surface area contributed by atoms with Gasteiger partial charge in [-0.2, -0.15) is 0 Å². The van der Waals surface area contributed by atoms with Gasteiger partial charge in [-0.15, -0.1) is 0 Å². The van der Waals surface area contributed by atoms with E-state index in [-0.39, 0.29) is 11.5 Å². The first-order chi connectivity index (χ1) is 9.04. The fourth-order valence-electron chi connectivity index (χ4n) is 1.94. The number of rotatable bonds is 7. The highest BCUT2D eigenvalue weighted by Crippen LogP contribution is 2.16. The number of hydrogen-bond acceptors (Lipinski definition) is 3. The summed E-state index contributed by atoms with van der Waals surface area (Å²) in [7, 11) is 1.43. The molecule has 0 radical (unpaired) electrons. The van der Waals surface area contributed by atoms with Crippen LogP contribution in [0.1, 0.15) is 44.7 Å². The van der Waals surface area contributed by atoms with Gasteiger partial charge in [-0.3, -0.25) is 4.79 Å². The van der Waals surface area contributed by atoms with Crippen LogP contribution in [-0.4, -0.2) is 18.6 Å². The molecule has 0 aliphatic carbocycles. The lowest BCUT2D eigenvalue weighted by Gasteiger charge is -2.29. The van der Waals surface area contributed by atoms with Crippen LogP contribution in [0, 0.1) is 0 Å². The lowest BCUT2D eigenvalue weighted by molar-refractivity contribution is -0.139. The SMILES string of the molecule is CCC(C)(CC)NCc1ccccc1CC(=O)OC. The first-order valence-electron chi connectivity index (χ1n) is 6.93. The van der Waals surface area contributed by atoms with Crippen LogP contribution in [0.2, 0.25) is 0 Å². The molecule has 0 aliphatic rings. The van der Waals surface area contributed by atoms with Crippen molar-refractivity contribution in [3.8, 4) is 0 Å². The van der Waals surface area contributed by atoms with Crippen molar-refractivity contribution in [3.63, 3.8) is 0 Å². The van der Waals surface area contributed by atoms with Gasteiger partial charge in [0.2, 0.25) is 0 Å². The fourth-order valence-corrected chi connectivity index (χ4v) is 1.94. The third kappa shape index (κ3) is 4.67. The van der Waals surface area contributed by atoms with Crippen LogP contribution < -0.4 is 5.32 Å². The molecule has 0 bridgehead atoms. The highest BCUT2D eigenvalue weighted by molar-refractivity contribution is 5.72. The Morgan fingerprint density at radius 2 is 1.79 bits per heavy atom. The van der Waals surface area contributed by atoms with Gasteiger partial charge in [0.25, 0.3) is 0 Å². The summed E-state index contributed by atoms with van der Waals surface area (Å²) < 4.78 is 4.74. The van der Waals surface area contributed by atoms with Crippen molar-refractivity contribution in [2.75, 3.05) is 7.11 Å². The molecule has 0 atom stereocenters. The van der Waals surface area contributed by atoms with Gasteiger partial charge < -0.3 is 10.1 Å². The molecule has 0 amide bonds. The molecule has 106 valence electrons. The minimum absolute atomic E-state index is 0.151. The van der Waals surface area contributed by atoms with Crippen LogP contribution in [0.3, 0.4) is 0 Å². The van der Waals surface area contributed by atoms with E-state index in [2.05, 4.69) is 32.2 Å². The van der Waals surface area contributed by atoms with Gasteiger partial charge in [0.1, 0.15) is 0 Å². The quantitative estimate of drug-likeness (QED) is 0.768. The summed E-state index contributed by atoms with van der Waals surface area (Å²) in [6.07, 6.45) is 2.51. The van der Waals surface area contributed by atoms with Crippen LogP contribution in [0.4, 0.5) is 0 Å². The van der Waals surface area contributed by atoms with Gasteiger partial charge in [-0.1, -0.05) is 38.1 Å². The van der Waals surface area contributed by atoms with Crippen LogP contribution in [0.25, 0.3) is 0 Å². The van der Waals surface area contributed by atoms with Gasteiger partial charge in [0, 0.05) is 12.1 Å². The van der Waals surface area contributed by atoms with E-state index in [0.717, 1.165) is 24.9 Å². The Morgan fingerprint density at radius 3 is 2.32 bits per heavy atom. The zero-order valence-corrected chi connectivity index (χ0v) is 12.5. The van der Waals surface area contributed by atoms with Crippen LogP contribution in [0.15, 0.2) is 24.3 Å². The molecule has 0 saturated carbocycles. The Hall–Kier alpha value is -1.35. The van der Waals surface area contributed by atoms with Crippen molar-refractivity contribution < 1.29 is 9.53 Å². The molecule has 0 aliphatic heterocycles. The average molecular weight is 263 g/mol. The zero-order valence-electron chi connectivity index (χ0n) is 12.5. The molecule has 0 unspecified atom stereocenters. The van der Waals surface area contributed by atoms with E-state index in [1.165, 1.54) is 12.7 Å². The van der Waals surface area contributed by atoms with E-state index >= 15 is 0 Å². The van der Waals surface area contributed by atoms with Gasteiger partial charge in [0.15, 0.2) is 0 Å². The Bertz CT molecular complexity index is 411. The second kappa shape index (κ2) is 7.29. The van der Waals surface area contributed by atoms with Gasteiger partial charge in [0.05, 0.1) is 13.5 Å². The van der Waals surface area contributed by atoms with Crippen molar-refractivity contribution in [1.29, 1.82) is 0 Å². The number of nitrogens with one attached hydrogen (secondary N) is 1. The number of benzene rings is 1. The fraction of sp³-hybridized carbons (Fsp3) is 0.562. The standard InChI is InChI=1S/C16H25NO2/c1-5-16(3,6-2)17-12-14-10-8-7-9-13(14)11-15(18)19-4/h7-10,17H,5-6,11-12H2,1-4H3. The summed E-state index contributed by atoms with van der Waals surface area (Å²) in [6, 6.07) is 8.02. The Balaban J connectivity index is 2.75. The maximum Gasteiger partial charge on any atom is 0.309 e. The summed E-state index contributed by atoms with van der Waals surface area (Å²) >= 11 is 0. The van der Waals surface area contributed by atoms with Crippen LogP contribution in [-0.2, 0) is 22.5 Å². The molecule has 0 fully saturated rings. The molecule has 1 N–H and O–H groups in total. The lowest BCUT2D eigenvalue weighted by atomic mass is 9.94. The van der Waals surface area contributed by atoms with E-state index in [0.29, 0.717) is 6.42 Å². The first kappa shape index (κ1) is 15.7. The average Bonchev–Trinajstić information content (AvgIpc) is 2.45. The Morgan fingerprint density at radius 1 is 1.21 bits per heavy atom. The molecule has 0 heterocycles. The topological polar surface area (TPSA) is 38.3 Å². The smallest absolute Gasteiger partial charge is 0.309 e. The first-order valence-corrected chi connectivity index (χ1v) is 6.93. The normalized spacial score (nSPS) is 11.4. The molecule has 1 rings (SSSR count). The highest BCUT2D eigenvalue weighted by atomic mass is 16.5. The molecule has 19 heavy (non-hydrogen) atoms. The molecule has 1 aromatic carbocycles. The van der Waals surface area contributed by atoms with Crippen molar-refractivity contribution in [2.24, 2.45) is 0 Å². The summed E-state index contributed by atoms with van der Waals surface area (Å²) in [5.41, 5.74) is 2.36. The van der Waals surface area contributed by atoms with Crippen molar-refractivity contribution in [3.05, 3.63) is 35.4 Å².